The number of rotatable bonds is 5. The smallest absolute Gasteiger partial charge is 0.317 e. The maximum Gasteiger partial charge on any atom is 0.317 e. The van der Waals surface area contributed by atoms with Crippen molar-refractivity contribution in [1.82, 2.24) is 29.9 Å². The number of carbonyl (C=O) groups is 1. The molecule has 0 fully saturated rings. The van der Waals surface area contributed by atoms with Crippen molar-refractivity contribution in [3.63, 3.8) is 0 Å². The summed E-state index contributed by atoms with van der Waals surface area (Å²) in [5, 5.41) is 6.82. The lowest BCUT2D eigenvalue weighted by atomic mass is 10.1. The van der Waals surface area contributed by atoms with Crippen LogP contribution in [0.5, 0.6) is 0 Å². The zero-order valence-electron chi connectivity index (χ0n) is 15.4. The molecule has 0 bridgehead atoms. The first kappa shape index (κ1) is 18.1. The number of aryl methyl sites for hydroxylation is 2. The highest BCUT2D eigenvalue weighted by Gasteiger charge is 2.23. The lowest BCUT2D eigenvalue weighted by Crippen LogP contribution is -2.45. The molecule has 0 aromatic carbocycles. The van der Waals surface area contributed by atoms with E-state index in [9.17, 15) is 9.59 Å². The fraction of sp³-hybridized carbons (Fsp3) is 0.588. The van der Waals surface area contributed by atoms with Crippen LogP contribution in [0.1, 0.15) is 49.2 Å². The molecule has 0 saturated heterocycles. The van der Waals surface area contributed by atoms with Crippen molar-refractivity contribution >= 4 is 6.03 Å². The second kappa shape index (κ2) is 7.67. The highest BCUT2D eigenvalue weighted by Crippen LogP contribution is 2.13. The van der Waals surface area contributed by atoms with Crippen LogP contribution < -0.4 is 10.9 Å². The standard InChI is InChI=1S/C17H24N6O3/c1-11(2)15-20-14(26-21-15)5-4-7-18-17(25)23-8-6-12-13(9-23)19-10-22(3)16(12)24/h10-11H,4-9H2,1-3H3,(H,18,25). The van der Waals surface area contributed by atoms with Crippen LogP contribution in [-0.4, -0.2) is 43.7 Å². The molecule has 0 unspecified atom stereocenters. The van der Waals surface area contributed by atoms with Gasteiger partial charge in [-0.1, -0.05) is 19.0 Å². The van der Waals surface area contributed by atoms with E-state index < -0.39 is 0 Å². The Morgan fingerprint density at radius 2 is 2.23 bits per heavy atom. The number of aromatic nitrogens is 4. The fourth-order valence-corrected chi connectivity index (χ4v) is 2.84. The molecule has 1 aliphatic heterocycles. The van der Waals surface area contributed by atoms with Gasteiger partial charge in [0.1, 0.15) is 0 Å². The molecule has 9 nitrogen and oxygen atoms in total. The number of nitrogens with zero attached hydrogens (tertiary/aromatic N) is 5. The number of hydrogen-bond donors (Lipinski definition) is 1. The third-order valence-electron chi connectivity index (χ3n) is 4.42. The predicted molar refractivity (Wildman–Crippen MR) is 93.7 cm³/mol. The molecular weight excluding hydrogens is 336 g/mol. The van der Waals surface area contributed by atoms with E-state index in [0.717, 1.165) is 0 Å². The second-order valence-electron chi connectivity index (χ2n) is 6.79. The van der Waals surface area contributed by atoms with Gasteiger partial charge < -0.3 is 19.3 Å². The SMILES string of the molecule is CC(C)c1noc(CCCNC(=O)N2CCc3c(ncn(C)c3=O)C2)n1. The molecule has 9 heteroatoms. The minimum Gasteiger partial charge on any atom is -0.339 e. The molecule has 140 valence electrons. The van der Waals surface area contributed by atoms with Crippen LogP contribution >= 0.6 is 0 Å². The quantitative estimate of drug-likeness (QED) is 0.797. The van der Waals surface area contributed by atoms with Crippen LogP contribution in [-0.2, 0) is 26.4 Å². The van der Waals surface area contributed by atoms with E-state index in [1.54, 1.807) is 11.9 Å². The van der Waals surface area contributed by atoms with E-state index in [1.807, 2.05) is 13.8 Å². The summed E-state index contributed by atoms with van der Waals surface area (Å²) >= 11 is 0. The third kappa shape index (κ3) is 3.92. The normalized spacial score (nSPS) is 13.8. The second-order valence-corrected chi connectivity index (χ2v) is 6.79. The highest BCUT2D eigenvalue weighted by atomic mass is 16.5. The van der Waals surface area contributed by atoms with Crippen LogP contribution in [0.4, 0.5) is 4.79 Å². The lowest BCUT2D eigenvalue weighted by molar-refractivity contribution is 0.191. The molecule has 2 amide bonds. The molecule has 26 heavy (non-hydrogen) atoms. The van der Waals surface area contributed by atoms with Crippen molar-refractivity contribution in [2.75, 3.05) is 13.1 Å². The Labute approximate surface area is 151 Å². The fourth-order valence-electron chi connectivity index (χ4n) is 2.84. The van der Waals surface area contributed by atoms with Crippen molar-refractivity contribution in [3.8, 4) is 0 Å². The molecule has 1 aliphatic rings. The van der Waals surface area contributed by atoms with Gasteiger partial charge in [-0.05, 0) is 12.8 Å². The van der Waals surface area contributed by atoms with E-state index in [1.165, 1.54) is 10.9 Å². The van der Waals surface area contributed by atoms with Gasteiger partial charge in [0, 0.05) is 38.0 Å². The average molecular weight is 360 g/mol. The molecule has 1 N–H and O–H groups in total. The molecular formula is C17H24N6O3. The van der Waals surface area contributed by atoms with Gasteiger partial charge >= 0.3 is 6.03 Å². The maximum atomic E-state index is 12.3. The number of nitrogens with one attached hydrogen (secondary N) is 1. The molecule has 2 aromatic heterocycles. The Morgan fingerprint density at radius 3 is 2.96 bits per heavy atom. The van der Waals surface area contributed by atoms with Gasteiger partial charge in [-0.15, -0.1) is 0 Å². The average Bonchev–Trinajstić information content (AvgIpc) is 3.11. The van der Waals surface area contributed by atoms with Crippen molar-refractivity contribution < 1.29 is 9.32 Å². The number of carbonyl (C=O) groups excluding carboxylic acids is 1. The number of hydrogen-bond acceptors (Lipinski definition) is 6. The van der Waals surface area contributed by atoms with E-state index in [0.29, 0.717) is 61.9 Å². The summed E-state index contributed by atoms with van der Waals surface area (Å²) in [6, 6.07) is -0.147. The molecule has 0 atom stereocenters. The highest BCUT2D eigenvalue weighted by molar-refractivity contribution is 5.74. The van der Waals surface area contributed by atoms with E-state index in [4.69, 9.17) is 4.52 Å². The van der Waals surface area contributed by atoms with Gasteiger partial charge in [-0.25, -0.2) is 9.78 Å². The summed E-state index contributed by atoms with van der Waals surface area (Å²) in [6.07, 6.45) is 3.37. The van der Waals surface area contributed by atoms with Gasteiger partial charge in [0.25, 0.3) is 5.56 Å². The Morgan fingerprint density at radius 1 is 1.42 bits per heavy atom. The van der Waals surface area contributed by atoms with Gasteiger partial charge in [0.15, 0.2) is 5.82 Å². The van der Waals surface area contributed by atoms with Gasteiger partial charge in [-0.2, -0.15) is 4.98 Å². The minimum absolute atomic E-state index is 0.0321. The minimum atomic E-state index is -0.147. The van der Waals surface area contributed by atoms with Crippen molar-refractivity contribution in [2.45, 2.75) is 45.6 Å². The Balaban J connectivity index is 1.46. The molecule has 0 saturated carbocycles. The zero-order valence-corrected chi connectivity index (χ0v) is 15.4. The van der Waals surface area contributed by atoms with Gasteiger partial charge in [0.2, 0.25) is 5.89 Å². The first-order chi connectivity index (χ1) is 12.5. The van der Waals surface area contributed by atoms with Crippen LogP contribution in [0.2, 0.25) is 0 Å². The van der Waals surface area contributed by atoms with E-state index in [-0.39, 0.29) is 17.5 Å². The summed E-state index contributed by atoms with van der Waals surface area (Å²) in [6.45, 7) is 5.41. The predicted octanol–water partition coefficient (Wildman–Crippen LogP) is 0.987. The lowest BCUT2D eigenvalue weighted by Gasteiger charge is -2.27. The Kier molecular flexibility index (Phi) is 5.34. The monoisotopic (exact) mass is 360 g/mol. The van der Waals surface area contributed by atoms with E-state index in [2.05, 4.69) is 20.4 Å². The summed E-state index contributed by atoms with van der Waals surface area (Å²) in [4.78, 5) is 34.7. The van der Waals surface area contributed by atoms with Gasteiger partial charge in [0.05, 0.1) is 18.6 Å². The van der Waals surface area contributed by atoms with Crippen molar-refractivity contribution in [3.05, 3.63) is 39.7 Å². The first-order valence-electron chi connectivity index (χ1n) is 8.84. The largest absolute Gasteiger partial charge is 0.339 e. The van der Waals surface area contributed by atoms with Crippen LogP contribution in [0.3, 0.4) is 0 Å². The van der Waals surface area contributed by atoms with Crippen molar-refractivity contribution in [1.29, 1.82) is 0 Å². The summed E-state index contributed by atoms with van der Waals surface area (Å²) in [5.74, 6) is 1.53. The van der Waals surface area contributed by atoms with E-state index >= 15 is 0 Å². The molecule has 2 aromatic rings. The molecule has 0 aliphatic carbocycles. The Bertz CT molecular complexity index is 841. The Hall–Kier alpha value is -2.71. The van der Waals surface area contributed by atoms with Crippen LogP contribution in [0, 0.1) is 0 Å². The number of fused-ring (bicyclic) bond motifs is 1. The number of amides is 2. The maximum absolute atomic E-state index is 12.3. The summed E-state index contributed by atoms with van der Waals surface area (Å²) in [7, 11) is 1.68. The van der Waals surface area contributed by atoms with Crippen molar-refractivity contribution in [2.24, 2.45) is 7.05 Å². The first-order valence-corrected chi connectivity index (χ1v) is 8.84. The third-order valence-corrected chi connectivity index (χ3v) is 4.42. The van der Waals surface area contributed by atoms with Crippen LogP contribution in [0.15, 0.2) is 15.6 Å². The molecule has 3 heterocycles. The topological polar surface area (TPSA) is 106 Å². The summed E-state index contributed by atoms with van der Waals surface area (Å²) < 4.78 is 6.65. The van der Waals surface area contributed by atoms with Gasteiger partial charge in [-0.3, -0.25) is 4.79 Å². The zero-order chi connectivity index (χ0) is 18.7. The number of urea groups is 1. The molecule has 3 rings (SSSR count). The molecule has 0 radical (unpaired) electrons. The molecule has 0 spiro atoms. The summed E-state index contributed by atoms with van der Waals surface area (Å²) in [5.41, 5.74) is 1.35. The van der Waals surface area contributed by atoms with Crippen LogP contribution in [0.25, 0.3) is 0 Å².